The van der Waals surface area contributed by atoms with Crippen molar-refractivity contribution >= 4 is 17.2 Å². The molecule has 1 amide bonds. The zero-order valence-electron chi connectivity index (χ0n) is 12.9. The molecular weight excluding hydrogens is 268 g/mol. The molecule has 0 atom stereocenters. The lowest BCUT2D eigenvalue weighted by atomic mass is 9.97. The summed E-state index contributed by atoms with van der Waals surface area (Å²) >= 11 is 1.64. The third-order valence-electron chi connectivity index (χ3n) is 4.09. The lowest BCUT2D eigenvalue weighted by Gasteiger charge is -2.29. The van der Waals surface area contributed by atoms with Gasteiger partial charge in [-0.05, 0) is 63.7 Å². The summed E-state index contributed by atoms with van der Waals surface area (Å²) in [7, 11) is 0. The SMILES string of the molecule is CCCN(CC1CCNCC1)C(=O)c1cc(C)c(C)s1. The summed E-state index contributed by atoms with van der Waals surface area (Å²) < 4.78 is 0. The molecule has 3 nitrogen and oxygen atoms in total. The molecule has 2 heterocycles. The molecule has 2 rings (SSSR count). The summed E-state index contributed by atoms with van der Waals surface area (Å²) in [5, 5.41) is 3.39. The number of rotatable bonds is 5. The number of carbonyl (C=O) groups is 1. The van der Waals surface area contributed by atoms with Gasteiger partial charge in [0.25, 0.3) is 5.91 Å². The van der Waals surface area contributed by atoms with Crippen LogP contribution >= 0.6 is 11.3 Å². The van der Waals surface area contributed by atoms with E-state index in [0.717, 1.165) is 37.5 Å². The van der Waals surface area contributed by atoms with Gasteiger partial charge < -0.3 is 10.2 Å². The first-order valence-electron chi connectivity index (χ1n) is 7.68. The van der Waals surface area contributed by atoms with Gasteiger partial charge in [0.1, 0.15) is 0 Å². The van der Waals surface area contributed by atoms with Gasteiger partial charge in [0.2, 0.25) is 0 Å². The third-order valence-corrected chi connectivity index (χ3v) is 5.24. The molecule has 1 aromatic rings. The quantitative estimate of drug-likeness (QED) is 0.904. The molecule has 0 radical (unpaired) electrons. The van der Waals surface area contributed by atoms with Gasteiger partial charge in [-0.2, -0.15) is 0 Å². The van der Waals surface area contributed by atoms with Crippen molar-refractivity contribution in [3.05, 3.63) is 21.4 Å². The van der Waals surface area contributed by atoms with Crippen molar-refractivity contribution in [3.8, 4) is 0 Å². The van der Waals surface area contributed by atoms with Gasteiger partial charge in [-0.3, -0.25) is 4.79 Å². The van der Waals surface area contributed by atoms with Crippen molar-refractivity contribution in [2.24, 2.45) is 5.92 Å². The molecule has 112 valence electrons. The minimum absolute atomic E-state index is 0.228. The Hall–Kier alpha value is -0.870. The summed E-state index contributed by atoms with van der Waals surface area (Å²) in [5.41, 5.74) is 1.23. The number of piperidine rings is 1. The van der Waals surface area contributed by atoms with E-state index in [1.54, 1.807) is 11.3 Å². The van der Waals surface area contributed by atoms with E-state index in [4.69, 9.17) is 0 Å². The van der Waals surface area contributed by atoms with E-state index in [2.05, 4.69) is 31.0 Å². The van der Waals surface area contributed by atoms with Crippen molar-refractivity contribution in [2.45, 2.75) is 40.0 Å². The van der Waals surface area contributed by atoms with Gasteiger partial charge in [-0.15, -0.1) is 11.3 Å². The van der Waals surface area contributed by atoms with Crippen molar-refractivity contribution in [3.63, 3.8) is 0 Å². The number of hydrogen-bond acceptors (Lipinski definition) is 3. The molecule has 0 saturated carbocycles. The Balaban J connectivity index is 2.04. The zero-order valence-corrected chi connectivity index (χ0v) is 13.7. The van der Waals surface area contributed by atoms with Crippen LogP contribution in [0.2, 0.25) is 0 Å². The predicted molar refractivity (Wildman–Crippen MR) is 85.6 cm³/mol. The van der Waals surface area contributed by atoms with Crippen molar-refractivity contribution < 1.29 is 4.79 Å². The Labute approximate surface area is 126 Å². The second kappa shape index (κ2) is 7.23. The molecule has 1 saturated heterocycles. The first-order valence-corrected chi connectivity index (χ1v) is 8.50. The summed E-state index contributed by atoms with van der Waals surface area (Å²) in [6.07, 6.45) is 3.41. The Morgan fingerprint density at radius 1 is 1.40 bits per heavy atom. The number of nitrogens with one attached hydrogen (secondary N) is 1. The van der Waals surface area contributed by atoms with E-state index in [0.29, 0.717) is 5.92 Å². The Kier molecular flexibility index (Phi) is 5.61. The Bertz CT molecular complexity index is 430. The van der Waals surface area contributed by atoms with Gasteiger partial charge in [-0.25, -0.2) is 0 Å². The molecule has 1 aliphatic heterocycles. The van der Waals surface area contributed by atoms with Gasteiger partial charge in [-0.1, -0.05) is 6.92 Å². The molecule has 0 bridgehead atoms. The summed E-state index contributed by atoms with van der Waals surface area (Å²) in [5.74, 6) is 0.889. The molecule has 0 aromatic carbocycles. The lowest BCUT2D eigenvalue weighted by molar-refractivity contribution is 0.0721. The molecule has 1 aliphatic rings. The number of carbonyl (C=O) groups excluding carboxylic acids is 1. The third kappa shape index (κ3) is 3.83. The smallest absolute Gasteiger partial charge is 0.263 e. The molecule has 1 N–H and O–H groups in total. The molecule has 20 heavy (non-hydrogen) atoms. The maximum atomic E-state index is 12.7. The van der Waals surface area contributed by atoms with Gasteiger partial charge >= 0.3 is 0 Å². The van der Waals surface area contributed by atoms with E-state index in [1.165, 1.54) is 23.3 Å². The Morgan fingerprint density at radius 2 is 2.10 bits per heavy atom. The monoisotopic (exact) mass is 294 g/mol. The average Bonchev–Trinajstić information content (AvgIpc) is 2.78. The topological polar surface area (TPSA) is 32.3 Å². The fourth-order valence-corrected chi connectivity index (χ4v) is 3.76. The van der Waals surface area contributed by atoms with E-state index in [9.17, 15) is 4.79 Å². The standard InChI is InChI=1S/C16H26N2OS/c1-4-9-18(11-14-5-7-17-8-6-14)16(19)15-10-12(2)13(3)20-15/h10,14,17H,4-9,11H2,1-3H3. The number of thiophene rings is 1. The van der Waals surface area contributed by atoms with Crippen molar-refractivity contribution in [1.82, 2.24) is 10.2 Å². The highest BCUT2D eigenvalue weighted by Gasteiger charge is 2.22. The van der Waals surface area contributed by atoms with Crippen LogP contribution in [0.25, 0.3) is 0 Å². The lowest BCUT2D eigenvalue weighted by Crippen LogP contribution is -2.39. The normalized spacial score (nSPS) is 16.4. The van der Waals surface area contributed by atoms with E-state index >= 15 is 0 Å². The first-order chi connectivity index (χ1) is 9.61. The fraction of sp³-hybridized carbons (Fsp3) is 0.688. The molecule has 1 fully saturated rings. The number of aryl methyl sites for hydroxylation is 2. The molecule has 0 unspecified atom stereocenters. The van der Waals surface area contributed by atoms with Crippen LogP contribution in [0.4, 0.5) is 0 Å². The van der Waals surface area contributed by atoms with Crippen LogP contribution in [-0.2, 0) is 0 Å². The van der Waals surface area contributed by atoms with E-state index in [1.807, 2.05) is 6.07 Å². The van der Waals surface area contributed by atoms with Crippen LogP contribution < -0.4 is 5.32 Å². The number of nitrogens with zero attached hydrogens (tertiary/aromatic N) is 1. The first kappa shape index (κ1) is 15.5. The second-order valence-corrected chi connectivity index (χ2v) is 7.05. The summed E-state index contributed by atoms with van der Waals surface area (Å²) in [6, 6.07) is 2.05. The van der Waals surface area contributed by atoms with E-state index in [-0.39, 0.29) is 5.91 Å². The minimum atomic E-state index is 0.228. The van der Waals surface area contributed by atoms with Gasteiger partial charge in [0.15, 0.2) is 0 Å². The number of amides is 1. The highest BCUT2D eigenvalue weighted by Crippen LogP contribution is 2.23. The number of hydrogen-bond donors (Lipinski definition) is 1. The molecular formula is C16H26N2OS. The predicted octanol–water partition coefficient (Wildman–Crippen LogP) is 3.22. The van der Waals surface area contributed by atoms with Crippen LogP contribution in [0.1, 0.15) is 46.3 Å². The summed E-state index contributed by atoms with van der Waals surface area (Å²) in [6.45, 7) is 10.3. The molecule has 4 heteroatoms. The van der Waals surface area contributed by atoms with Gasteiger partial charge in [0, 0.05) is 18.0 Å². The zero-order chi connectivity index (χ0) is 14.5. The molecule has 0 aliphatic carbocycles. The van der Waals surface area contributed by atoms with Crippen LogP contribution in [-0.4, -0.2) is 37.0 Å². The molecule has 0 spiro atoms. The fourth-order valence-electron chi connectivity index (χ4n) is 2.76. The maximum absolute atomic E-state index is 12.7. The second-order valence-electron chi connectivity index (χ2n) is 5.79. The average molecular weight is 294 g/mol. The van der Waals surface area contributed by atoms with E-state index < -0.39 is 0 Å². The van der Waals surface area contributed by atoms with Crippen LogP contribution in [0.5, 0.6) is 0 Å². The Morgan fingerprint density at radius 3 is 2.65 bits per heavy atom. The maximum Gasteiger partial charge on any atom is 0.263 e. The van der Waals surface area contributed by atoms with Crippen LogP contribution in [0.15, 0.2) is 6.07 Å². The largest absolute Gasteiger partial charge is 0.338 e. The van der Waals surface area contributed by atoms with Gasteiger partial charge in [0.05, 0.1) is 4.88 Å². The van der Waals surface area contributed by atoms with Crippen LogP contribution in [0.3, 0.4) is 0 Å². The van der Waals surface area contributed by atoms with Crippen molar-refractivity contribution in [1.29, 1.82) is 0 Å². The summed E-state index contributed by atoms with van der Waals surface area (Å²) in [4.78, 5) is 16.9. The highest BCUT2D eigenvalue weighted by molar-refractivity contribution is 7.14. The highest BCUT2D eigenvalue weighted by atomic mass is 32.1. The minimum Gasteiger partial charge on any atom is -0.338 e. The molecule has 1 aromatic heterocycles. The van der Waals surface area contributed by atoms with Crippen LogP contribution in [0, 0.1) is 19.8 Å². The van der Waals surface area contributed by atoms with Crippen molar-refractivity contribution in [2.75, 3.05) is 26.2 Å².